The topological polar surface area (TPSA) is 74.2 Å². The van der Waals surface area contributed by atoms with Crippen LogP contribution < -0.4 is 11.1 Å². The van der Waals surface area contributed by atoms with Gasteiger partial charge >= 0.3 is 0 Å². The van der Waals surface area contributed by atoms with E-state index in [1.165, 1.54) is 26.2 Å². The number of pyridine rings is 1. The summed E-state index contributed by atoms with van der Waals surface area (Å²) in [5.74, 6) is 0. The molecule has 96 valence electrons. The van der Waals surface area contributed by atoms with Crippen LogP contribution in [0.2, 0.25) is 0 Å². The molecule has 19 heavy (non-hydrogen) atoms. The molecule has 3 rings (SSSR count). The average molecular weight is 257 g/mol. The monoisotopic (exact) mass is 257 g/mol. The van der Waals surface area contributed by atoms with E-state index in [9.17, 15) is 9.59 Å². The highest BCUT2D eigenvalue weighted by molar-refractivity contribution is 5.41. The molecule has 7 heteroatoms. The smallest absolute Gasteiger partial charge is 0.293 e. The van der Waals surface area contributed by atoms with Crippen molar-refractivity contribution in [2.75, 3.05) is 0 Å². The van der Waals surface area contributed by atoms with Gasteiger partial charge in [-0.1, -0.05) is 0 Å². The molecule has 0 aliphatic rings. The molecule has 0 N–H and O–H groups in total. The Morgan fingerprint density at radius 2 is 2.05 bits per heavy atom. The van der Waals surface area contributed by atoms with Crippen LogP contribution in [0, 0.1) is 0 Å². The Bertz CT molecular complexity index is 858. The summed E-state index contributed by atoms with van der Waals surface area (Å²) in [6, 6.07) is 4.91. The number of hydrogen-bond acceptors (Lipinski definition) is 4. The third-order valence-electron chi connectivity index (χ3n) is 2.93. The Hall–Kier alpha value is -2.70. The van der Waals surface area contributed by atoms with Gasteiger partial charge in [0.05, 0.1) is 12.7 Å². The summed E-state index contributed by atoms with van der Waals surface area (Å²) in [7, 11) is 1.68. The molecular formula is C12H11N5O2. The molecule has 0 fully saturated rings. The van der Waals surface area contributed by atoms with E-state index in [1.807, 2.05) is 0 Å². The van der Waals surface area contributed by atoms with Crippen LogP contribution >= 0.6 is 0 Å². The summed E-state index contributed by atoms with van der Waals surface area (Å²) in [5.41, 5.74) is 0.844. The van der Waals surface area contributed by atoms with Crippen molar-refractivity contribution >= 4 is 5.52 Å². The summed E-state index contributed by atoms with van der Waals surface area (Å²) in [4.78, 5) is 23.6. The average Bonchev–Trinajstić information content (AvgIpc) is 2.86. The van der Waals surface area contributed by atoms with E-state index in [1.54, 1.807) is 31.6 Å². The number of nitrogens with zero attached hydrogens (tertiary/aromatic N) is 5. The summed E-state index contributed by atoms with van der Waals surface area (Å²) in [5, 5.41) is 7.96. The second kappa shape index (κ2) is 4.20. The minimum atomic E-state index is -0.235. The zero-order valence-corrected chi connectivity index (χ0v) is 10.2. The van der Waals surface area contributed by atoms with E-state index < -0.39 is 0 Å². The molecule has 0 atom stereocenters. The largest absolute Gasteiger partial charge is 0.319 e. The first kappa shape index (κ1) is 11.4. The van der Waals surface area contributed by atoms with Gasteiger partial charge in [-0.15, -0.1) is 0 Å². The zero-order chi connectivity index (χ0) is 13.4. The van der Waals surface area contributed by atoms with Crippen molar-refractivity contribution in [3.8, 4) is 0 Å². The minimum absolute atomic E-state index is 0.115. The third kappa shape index (κ3) is 1.95. The fourth-order valence-electron chi connectivity index (χ4n) is 1.84. The molecule has 0 unspecified atom stereocenters. The lowest BCUT2D eigenvalue weighted by Gasteiger charge is -2.05. The molecule has 0 saturated carbocycles. The Morgan fingerprint density at radius 1 is 1.21 bits per heavy atom. The van der Waals surface area contributed by atoms with Gasteiger partial charge in [-0.05, 0) is 17.7 Å². The first-order valence-corrected chi connectivity index (χ1v) is 5.70. The lowest BCUT2D eigenvalue weighted by atomic mass is 10.2. The Kier molecular flexibility index (Phi) is 2.52. The molecule has 0 saturated heterocycles. The molecule has 0 spiro atoms. The minimum Gasteiger partial charge on any atom is -0.319 e. The number of aromatic nitrogens is 5. The van der Waals surface area contributed by atoms with Gasteiger partial charge in [0, 0.05) is 19.3 Å². The van der Waals surface area contributed by atoms with E-state index in [2.05, 4.69) is 10.2 Å². The first-order chi connectivity index (χ1) is 9.15. The Morgan fingerprint density at radius 3 is 2.84 bits per heavy atom. The van der Waals surface area contributed by atoms with Gasteiger partial charge in [0.2, 0.25) is 0 Å². The first-order valence-electron chi connectivity index (χ1n) is 5.70. The highest BCUT2D eigenvalue weighted by atomic mass is 16.1. The normalized spacial score (nSPS) is 11.0. The van der Waals surface area contributed by atoms with Crippen LogP contribution in [-0.2, 0) is 13.6 Å². The van der Waals surface area contributed by atoms with Crippen molar-refractivity contribution in [2.24, 2.45) is 7.05 Å². The van der Waals surface area contributed by atoms with Crippen LogP contribution in [-0.4, -0.2) is 24.0 Å². The van der Waals surface area contributed by atoms with Gasteiger partial charge in [-0.25, -0.2) is 9.20 Å². The van der Waals surface area contributed by atoms with Crippen molar-refractivity contribution in [2.45, 2.75) is 6.54 Å². The Labute approximate surface area is 107 Å². The van der Waals surface area contributed by atoms with Crippen molar-refractivity contribution in [1.29, 1.82) is 0 Å². The lowest BCUT2D eigenvalue weighted by molar-refractivity contribution is 0.617. The molecule has 0 amide bonds. The highest BCUT2D eigenvalue weighted by Gasteiger charge is 2.05. The summed E-state index contributed by atoms with van der Waals surface area (Å²) in [6.45, 7) is 0.261. The van der Waals surface area contributed by atoms with Gasteiger partial charge in [0.1, 0.15) is 11.8 Å². The van der Waals surface area contributed by atoms with E-state index in [4.69, 9.17) is 0 Å². The van der Waals surface area contributed by atoms with Gasteiger partial charge in [-0.3, -0.25) is 9.59 Å². The molecule has 7 nitrogen and oxygen atoms in total. The Balaban J connectivity index is 2.05. The second-order valence-electron chi connectivity index (χ2n) is 4.24. The van der Waals surface area contributed by atoms with Gasteiger partial charge in [0.15, 0.2) is 0 Å². The van der Waals surface area contributed by atoms with Crippen molar-refractivity contribution in [3.05, 3.63) is 63.2 Å². The quantitative estimate of drug-likeness (QED) is 0.628. The molecule has 0 aliphatic heterocycles. The predicted molar refractivity (Wildman–Crippen MR) is 68.0 cm³/mol. The van der Waals surface area contributed by atoms with Crippen molar-refractivity contribution in [3.63, 3.8) is 0 Å². The molecule has 0 aromatic carbocycles. The number of aryl methyl sites for hydroxylation is 1. The predicted octanol–water partition coefficient (Wildman–Crippen LogP) is -0.362. The molecule has 3 aromatic rings. The van der Waals surface area contributed by atoms with Crippen LogP contribution in [0.25, 0.3) is 5.52 Å². The number of hydrogen-bond donors (Lipinski definition) is 0. The molecular weight excluding hydrogens is 246 g/mol. The molecule has 3 aromatic heterocycles. The maximum absolute atomic E-state index is 12.1. The van der Waals surface area contributed by atoms with E-state index >= 15 is 0 Å². The van der Waals surface area contributed by atoms with E-state index in [0.29, 0.717) is 5.52 Å². The molecule has 0 bridgehead atoms. The van der Waals surface area contributed by atoms with Crippen LogP contribution in [0.15, 0.2) is 46.5 Å². The van der Waals surface area contributed by atoms with Crippen LogP contribution in [0.1, 0.15) is 5.56 Å². The summed E-state index contributed by atoms with van der Waals surface area (Å²) >= 11 is 0. The van der Waals surface area contributed by atoms with Gasteiger partial charge < -0.3 is 4.57 Å². The number of fused-ring (bicyclic) bond motifs is 1. The fourth-order valence-corrected chi connectivity index (χ4v) is 1.84. The van der Waals surface area contributed by atoms with E-state index in [-0.39, 0.29) is 17.7 Å². The van der Waals surface area contributed by atoms with Gasteiger partial charge in [-0.2, -0.15) is 10.2 Å². The molecule has 0 aliphatic carbocycles. The zero-order valence-electron chi connectivity index (χ0n) is 10.2. The lowest BCUT2D eigenvalue weighted by Crippen LogP contribution is -2.26. The van der Waals surface area contributed by atoms with E-state index in [0.717, 1.165) is 5.56 Å². The standard InChI is InChI=1S/C12H11N5O2/c1-15-5-3-9(6-11(15)18)7-16-12(19)10-2-4-13-17(10)8-14-16/h2-6,8H,7H2,1H3. The van der Waals surface area contributed by atoms with Crippen molar-refractivity contribution < 1.29 is 0 Å². The van der Waals surface area contributed by atoms with Gasteiger partial charge in [0.25, 0.3) is 11.1 Å². The summed E-state index contributed by atoms with van der Waals surface area (Å²) in [6.07, 6.45) is 4.68. The highest BCUT2D eigenvalue weighted by Crippen LogP contribution is 1.98. The maximum Gasteiger partial charge on any atom is 0.293 e. The third-order valence-corrected chi connectivity index (χ3v) is 2.93. The van der Waals surface area contributed by atoms with Crippen LogP contribution in [0.5, 0.6) is 0 Å². The SMILES string of the molecule is Cn1ccc(Cn2ncn3nccc3c2=O)cc1=O. The maximum atomic E-state index is 12.1. The van der Waals surface area contributed by atoms with Crippen LogP contribution in [0.4, 0.5) is 0 Å². The van der Waals surface area contributed by atoms with Crippen molar-refractivity contribution in [1.82, 2.24) is 24.0 Å². The van der Waals surface area contributed by atoms with Crippen LogP contribution in [0.3, 0.4) is 0 Å². The summed E-state index contributed by atoms with van der Waals surface area (Å²) < 4.78 is 4.20. The fraction of sp³-hybridized carbons (Fsp3) is 0.167. The molecule has 3 heterocycles. The number of rotatable bonds is 2. The molecule has 0 radical (unpaired) electrons. The second-order valence-corrected chi connectivity index (χ2v) is 4.24.